The Labute approximate surface area is 167 Å². The summed E-state index contributed by atoms with van der Waals surface area (Å²) < 4.78 is 5.81. The lowest BCUT2D eigenvalue weighted by Crippen LogP contribution is -2.31. The van der Waals surface area contributed by atoms with Gasteiger partial charge in [-0.15, -0.1) is 12.4 Å². The second-order valence-electron chi connectivity index (χ2n) is 6.44. The van der Waals surface area contributed by atoms with Crippen molar-refractivity contribution in [3.05, 3.63) is 102 Å². The number of benzene rings is 3. The van der Waals surface area contributed by atoms with Crippen LogP contribution in [0, 0.1) is 0 Å². The molecule has 0 saturated carbocycles. The highest BCUT2D eigenvalue weighted by molar-refractivity contribution is 5.85. The Bertz CT molecular complexity index is 778. The van der Waals surface area contributed by atoms with Crippen molar-refractivity contribution < 1.29 is 9.84 Å². The summed E-state index contributed by atoms with van der Waals surface area (Å²) in [5.41, 5.74) is 3.24. The summed E-state index contributed by atoms with van der Waals surface area (Å²) in [4.78, 5) is 0. The lowest BCUT2D eigenvalue weighted by molar-refractivity contribution is 0.135. The SMILES string of the molecule is CC(NCc1ccc(OCc2ccccc2)cc1)C(O)c1ccccc1.Cl. The van der Waals surface area contributed by atoms with E-state index in [1.54, 1.807) is 0 Å². The minimum absolute atomic E-state index is 0. The number of aliphatic hydroxyl groups excluding tert-OH is 1. The highest BCUT2D eigenvalue weighted by Crippen LogP contribution is 2.18. The van der Waals surface area contributed by atoms with Crippen molar-refractivity contribution in [3.8, 4) is 5.75 Å². The van der Waals surface area contributed by atoms with E-state index >= 15 is 0 Å². The molecule has 2 atom stereocenters. The highest BCUT2D eigenvalue weighted by atomic mass is 35.5. The van der Waals surface area contributed by atoms with E-state index in [-0.39, 0.29) is 18.4 Å². The average Bonchev–Trinajstić information content (AvgIpc) is 2.72. The van der Waals surface area contributed by atoms with E-state index in [9.17, 15) is 5.11 Å². The molecule has 0 spiro atoms. The predicted molar refractivity (Wildman–Crippen MR) is 112 cm³/mol. The molecule has 0 radical (unpaired) electrons. The van der Waals surface area contributed by atoms with Crippen LogP contribution < -0.4 is 10.1 Å². The maximum atomic E-state index is 10.4. The molecule has 3 aromatic carbocycles. The van der Waals surface area contributed by atoms with Crippen molar-refractivity contribution in [1.29, 1.82) is 0 Å². The molecule has 2 unspecified atom stereocenters. The van der Waals surface area contributed by atoms with Crippen molar-refractivity contribution in [2.75, 3.05) is 0 Å². The van der Waals surface area contributed by atoms with E-state index in [2.05, 4.69) is 29.6 Å². The molecule has 0 saturated heterocycles. The topological polar surface area (TPSA) is 41.5 Å². The highest BCUT2D eigenvalue weighted by Gasteiger charge is 2.15. The van der Waals surface area contributed by atoms with Crippen LogP contribution in [-0.2, 0) is 13.2 Å². The van der Waals surface area contributed by atoms with E-state index in [0.29, 0.717) is 13.2 Å². The van der Waals surface area contributed by atoms with E-state index in [1.807, 2.05) is 67.6 Å². The molecular weight excluding hydrogens is 358 g/mol. The summed E-state index contributed by atoms with van der Waals surface area (Å²) >= 11 is 0. The van der Waals surface area contributed by atoms with Gasteiger partial charge in [0.05, 0.1) is 6.10 Å². The van der Waals surface area contributed by atoms with Crippen LogP contribution in [0.15, 0.2) is 84.9 Å². The number of hydrogen-bond donors (Lipinski definition) is 2. The van der Waals surface area contributed by atoms with E-state index < -0.39 is 6.10 Å². The van der Waals surface area contributed by atoms with Crippen molar-refractivity contribution in [2.24, 2.45) is 0 Å². The van der Waals surface area contributed by atoms with Crippen LogP contribution in [0.1, 0.15) is 29.7 Å². The standard InChI is InChI=1S/C23H25NO2.ClH/c1-18(23(25)21-10-6-3-7-11-21)24-16-19-12-14-22(15-13-19)26-17-20-8-4-2-5-9-20;/h2-15,18,23-25H,16-17H2,1H3;1H. The molecule has 0 heterocycles. The Kier molecular flexibility index (Phi) is 8.34. The number of nitrogens with one attached hydrogen (secondary N) is 1. The second kappa shape index (κ2) is 10.7. The summed E-state index contributed by atoms with van der Waals surface area (Å²) in [5, 5.41) is 13.8. The number of halogens is 1. The van der Waals surface area contributed by atoms with Crippen molar-refractivity contribution in [3.63, 3.8) is 0 Å². The van der Waals surface area contributed by atoms with Gasteiger partial charge in [-0.3, -0.25) is 0 Å². The van der Waals surface area contributed by atoms with Crippen LogP contribution in [0.3, 0.4) is 0 Å². The summed E-state index contributed by atoms with van der Waals surface area (Å²) in [6.45, 7) is 3.26. The van der Waals surface area contributed by atoms with Gasteiger partial charge in [0.2, 0.25) is 0 Å². The van der Waals surface area contributed by atoms with Crippen molar-refractivity contribution >= 4 is 12.4 Å². The van der Waals surface area contributed by atoms with Crippen LogP contribution in [0.5, 0.6) is 5.75 Å². The Hall–Kier alpha value is -2.33. The van der Waals surface area contributed by atoms with Gasteiger partial charge in [0.15, 0.2) is 0 Å². The minimum Gasteiger partial charge on any atom is -0.489 e. The normalized spacial score (nSPS) is 12.7. The van der Waals surface area contributed by atoms with E-state index in [4.69, 9.17) is 4.74 Å². The molecule has 3 aromatic rings. The molecular formula is C23H26ClNO2. The third kappa shape index (κ3) is 6.40. The maximum absolute atomic E-state index is 10.4. The fourth-order valence-electron chi connectivity index (χ4n) is 2.77. The maximum Gasteiger partial charge on any atom is 0.119 e. The molecule has 0 aliphatic rings. The van der Waals surface area contributed by atoms with Crippen molar-refractivity contribution in [1.82, 2.24) is 5.32 Å². The zero-order valence-electron chi connectivity index (χ0n) is 15.4. The van der Waals surface area contributed by atoms with E-state index in [0.717, 1.165) is 22.4 Å². The fraction of sp³-hybridized carbons (Fsp3) is 0.217. The van der Waals surface area contributed by atoms with Gasteiger partial charge in [0.1, 0.15) is 12.4 Å². The first-order valence-corrected chi connectivity index (χ1v) is 8.94. The van der Waals surface area contributed by atoms with Crippen LogP contribution in [-0.4, -0.2) is 11.1 Å². The summed E-state index contributed by atoms with van der Waals surface area (Å²) in [6.07, 6.45) is -0.523. The number of aliphatic hydroxyl groups is 1. The zero-order valence-corrected chi connectivity index (χ0v) is 16.2. The minimum atomic E-state index is -0.523. The first kappa shape index (κ1) is 21.0. The fourth-order valence-corrected chi connectivity index (χ4v) is 2.77. The number of ether oxygens (including phenoxy) is 1. The van der Waals surface area contributed by atoms with Gasteiger partial charge < -0.3 is 15.2 Å². The third-order valence-corrected chi connectivity index (χ3v) is 4.41. The lowest BCUT2D eigenvalue weighted by Gasteiger charge is -2.20. The monoisotopic (exact) mass is 383 g/mol. The summed E-state index contributed by atoms with van der Waals surface area (Å²) in [6, 6.07) is 27.9. The molecule has 0 aliphatic heterocycles. The van der Waals surface area contributed by atoms with Gasteiger partial charge in [-0.2, -0.15) is 0 Å². The number of hydrogen-bond acceptors (Lipinski definition) is 3. The van der Waals surface area contributed by atoms with Gasteiger partial charge in [0.25, 0.3) is 0 Å². The van der Waals surface area contributed by atoms with Gasteiger partial charge in [-0.25, -0.2) is 0 Å². The molecule has 0 fully saturated rings. The molecule has 3 nitrogen and oxygen atoms in total. The molecule has 0 bridgehead atoms. The summed E-state index contributed by atoms with van der Waals surface area (Å²) in [7, 11) is 0. The zero-order chi connectivity index (χ0) is 18.2. The average molecular weight is 384 g/mol. The first-order chi connectivity index (χ1) is 12.7. The Balaban J connectivity index is 0.00000261. The molecule has 27 heavy (non-hydrogen) atoms. The van der Waals surface area contributed by atoms with Gasteiger partial charge in [-0.05, 0) is 35.7 Å². The van der Waals surface area contributed by atoms with E-state index in [1.165, 1.54) is 0 Å². The van der Waals surface area contributed by atoms with Gasteiger partial charge in [0, 0.05) is 12.6 Å². The molecule has 3 rings (SSSR count). The van der Waals surface area contributed by atoms with Crippen LogP contribution in [0.25, 0.3) is 0 Å². The largest absolute Gasteiger partial charge is 0.489 e. The summed E-state index contributed by atoms with van der Waals surface area (Å²) in [5.74, 6) is 0.856. The van der Waals surface area contributed by atoms with Crippen LogP contribution >= 0.6 is 12.4 Å². The molecule has 0 aromatic heterocycles. The Morgan fingerprint density at radius 1 is 0.815 bits per heavy atom. The predicted octanol–water partition coefficient (Wildman–Crippen LogP) is 4.90. The first-order valence-electron chi connectivity index (χ1n) is 8.94. The van der Waals surface area contributed by atoms with Crippen LogP contribution in [0.4, 0.5) is 0 Å². The molecule has 2 N–H and O–H groups in total. The molecule has 142 valence electrons. The van der Waals surface area contributed by atoms with Crippen LogP contribution in [0.2, 0.25) is 0 Å². The molecule has 0 aliphatic carbocycles. The molecule has 0 amide bonds. The smallest absolute Gasteiger partial charge is 0.119 e. The number of rotatable bonds is 8. The quantitative estimate of drug-likeness (QED) is 0.581. The third-order valence-electron chi connectivity index (χ3n) is 4.41. The van der Waals surface area contributed by atoms with Gasteiger partial charge in [-0.1, -0.05) is 72.8 Å². The van der Waals surface area contributed by atoms with Crippen molar-refractivity contribution in [2.45, 2.75) is 32.2 Å². The Morgan fingerprint density at radius 2 is 1.41 bits per heavy atom. The lowest BCUT2D eigenvalue weighted by atomic mass is 10.0. The molecule has 4 heteroatoms. The van der Waals surface area contributed by atoms with Gasteiger partial charge >= 0.3 is 0 Å². The Morgan fingerprint density at radius 3 is 2.04 bits per heavy atom. The second-order valence-corrected chi connectivity index (χ2v) is 6.44.